The third kappa shape index (κ3) is 3.24. The topological polar surface area (TPSA) is 52.2 Å². The van der Waals surface area contributed by atoms with Crippen molar-refractivity contribution in [3.63, 3.8) is 0 Å². The van der Waals surface area contributed by atoms with Gasteiger partial charge in [-0.2, -0.15) is 0 Å². The Labute approximate surface area is 184 Å². The molecule has 0 N–H and O–H groups in total. The zero-order valence-electron chi connectivity index (χ0n) is 17.5. The quantitative estimate of drug-likeness (QED) is 0.153. The van der Waals surface area contributed by atoms with Crippen LogP contribution >= 0.6 is 11.8 Å². The fourth-order valence-electron chi connectivity index (χ4n) is 4.11. The highest BCUT2D eigenvalue weighted by Crippen LogP contribution is 2.29. The molecule has 5 rings (SSSR count). The highest BCUT2D eigenvalue weighted by molar-refractivity contribution is 7.99. The molecule has 0 spiro atoms. The summed E-state index contributed by atoms with van der Waals surface area (Å²) in [5.74, 6) is 0.409. The van der Waals surface area contributed by atoms with Crippen LogP contribution in [0.25, 0.3) is 27.6 Å². The van der Waals surface area contributed by atoms with E-state index in [1.165, 1.54) is 11.8 Å². The standard InChI is InChI=1S/C25H22N4OS/c1-4-13-28-16(2)14-19(17(28)3)23(30)15-31-25-27-20-10-6-5-9-18(20)24-26-21-11-7-8-12-22(21)29(24)25/h4-12,14H,1,13,15H2,2-3H3. The van der Waals surface area contributed by atoms with Crippen molar-refractivity contribution in [3.05, 3.63) is 84.2 Å². The summed E-state index contributed by atoms with van der Waals surface area (Å²) >= 11 is 1.46. The fourth-order valence-corrected chi connectivity index (χ4v) is 5.00. The van der Waals surface area contributed by atoms with Crippen LogP contribution in [0.15, 0.2) is 72.4 Å². The number of ketones is 1. The molecular formula is C25H22N4OS. The molecule has 31 heavy (non-hydrogen) atoms. The maximum absolute atomic E-state index is 13.1. The Bertz CT molecular complexity index is 1480. The van der Waals surface area contributed by atoms with Crippen molar-refractivity contribution in [3.8, 4) is 0 Å². The number of aryl methyl sites for hydroxylation is 1. The van der Waals surface area contributed by atoms with Gasteiger partial charge in [-0.05, 0) is 44.2 Å². The van der Waals surface area contributed by atoms with E-state index in [0.29, 0.717) is 12.3 Å². The molecule has 0 aliphatic carbocycles. The van der Waals surface area contributed by atoms with E-state index >= 15 is 0 Å². The monoisotopic (exact) mass is 426 g/mol. The molecule has 3 heterocycles. The van der Waals surface area contributed by atoms with Crippen LogP contribution in [0, 0.1) is 13.8 Å². The van der Waals surface area contributed by atoms with Crippen LogP contribution in [0.4, 0.5) is 0 Å². The fraction of sp³-hybridized carbons (Fsp3) is 0.160. The maximum Gasteiger partial charge on any atom is 0.175 e. The summed E-state index contributed by atoms with van der Waals surface area (Å²) in [5.41, 5.74) is 6.47. The SMILES string of the molecule is C=CCn1c(C)cc(C(=O)CSc2nc3ccccc3c3nc4ccccc4n23)c1C. The molecule has 0 radical (unpaired) electrons. The van der Waals surface area contributed by atoms with Gasteiger partial charge in [0, 0.05) is 28.9 Å². The molecule has 0 atom stereocenters. The Balaban J connectivity index is 1.57. The van der Waals surface area contributed by atoms with Gasteiger partial charge >= 0.3 is 0 Å². The smallest absolute Gasteiger partial charge is 0.175 e. The van der Waals surface area contributed by atoms with Gasteiger partial charge < -0.3 is 4.57 Å². The lowest BCUT2D eigenvalue weighted by atomic mass is 10.2. The van der Waals surface area contributed by atoms with Gasteiger partial charge in [0.05, 0.1) is 22.3 Å². The summed E-state index contributed by atoms with van der Waals surface area (Å²) < 4.78 is 4.18. The van der Waals surface area contributed by atoms with Crippen LogP contribution in [0.5, 0.6) is 0 Å². The number of carbonyl (C=O) groups is 1. The van der Waals surface area contributed by atoms with E-state index in [1.54, 1.807) is 0 Å². The molecule has 0 fully saturated rings. The summed E-state index contributed by atoms with van der Waals surface area (Å²) in [6.45, 7) is 8.53. The first-order valence-electron chi connectivity index (χ1n) is 10.2. The zero-order valence-corrected chi connectivity index (χ0v) is 18.3. The van der Waals surface area contributed by atoms with Crippen LogP contribution in [0.2, 0.25) is 0 Å². The molecule has 3 aromatic heterocycles. The number of para-hydroxylation sites is 3. The predicted molar refractivity (Wildman–Crippen MR) is 127 cm³/mol. The van der Waals surface area contributed by atoms with Gasteiger partial charge in [0.15, 0.2) is 10.9 Å². The van der Waals surface area contributed by atoms with Gasteiger partial charge in [-0.15, -0.1) is 6.58 Å². The van der Waals surface area contributed by atoms with Crippen LogP contribution in [-0.2, 0) is 6.54 Å². The Hall–Kier alpha value is -3.38. The molecule has 2 aromatic carbocycles. The molecule has 0 bridgehead atoms. The minimum atomic E-state index is 0.0981. The summed E-state index contributed by atoms with van der Waals surface area (Å²) in [7, 11) is 0. The molecular weight excluding hydrogens is 404 g/mol. The first kappa shape index (κ1) is 19.6. The van der Waals surface area contributed by atoms with E-state index < -0.39 is 0 Å². The van der Waals surface area contributed by atoms with Gasteiger partial charge in [0.2, 0.25) is 0 Å². The number of rotatable bonds is 6. The summed E-state index contributed by atoms with van der Waals surface area (Å²) in [5, 5.41) is 1.78. The number of hydrogen-bond donors (Lipinski definition) is 0. The second-order valence-electron chi connectivity index (χ2n) is 7.57. The molecule has 5 nitrogen and oxygen atoms in total. The number of aromatic nitrogens is 4. The second-order valence-corrected chi connectivity index (χ2v) is 8.51. The van der Waals surface area contributed by atoms with Crippen LogP contribution < -0.4 is 0 Å². The largest absolute Gasteiger partial charge is 0.345 e. The molecule has 5 aromatic rings. The van der Waals surface area contributed by atoms with Gasteiger partial charge in [0.25, 0.3) is 0 Å². The molecule has 0 aliphatic heterocycles. The third-order valence-electron chi connectivity index (χ3n) is 5.63. The van der Waals surface area contributed by atoms with Gasteiger partial charge in [0.1, 0.15) is 5.65 Å². The Morgan fingerprint density at radius 3 is 2.61 bits per heavy atom. The Kier molecular flexibility index (Phi) is 4.87. The zero-order chi connectivity index (χ0) is 21.5. The molecule has 6 heteroatoms. The average molecular weight is 427 g/mol. The molecule has 0 aliphatic rings. The number of Topliss-reactive ketones (excluding diaryl/α,β-unsaturated/α-hetero) is 1. The molecule has 0 amide bonds. The number of benzene rings is 2. The van der Waals surface area contributed by atoms with Crippen molar-refractivity contribution < 1.29 is 4.79 Å². The van der Waals surface area contributed by atoms with E-state index in [4.69, 9.17) is 9.97 Å². The van der Waals surface area contributed by atoms with Gasteiger partial charge in [-0.3, -0.25) is 9.20 Å². The van der Waals surface area contributed by atoms with E-state index in [0.717, 1.165) is 49.7 Å². The summed E-state index contributed by atoms with van der Waals surface area (Å²) in [6.07, 6.45) is 1.85. The Morgan fingerprint density at radius 1 is 1.06 bits per heavy atom. The lowest BCUT2D eigenvalue weighted by Gasteiger charge is -2.09. The number of fused-ring (bicyclic) bond motifs is 5. The minimum Gasteiger partial charge on any atom is -0.345 e. The van der Waals surface area contributed by atoms with E-state index in [9.17, 15) is 4.79 Å². The molecule has 0 unspecified atom stereocenters. The molecule has 154 valence electrons. The number of imidazole rings is 1. The van der Waals surface area contributed by atoms with Crippen LogP contribution in [0.3, 0.4) is 0 Å². The number of hydrogen-bond acceptors (Lipinski definition) is 4. The number of allylic oxidation sites excluding steroid dienone is 1. The summed E-state index contributed by atoms with van der Waals surface area (Å²) in [4.78, 5) is 22.8. The van der Waals surface area contributed by atoms with E-state index in [2.05, 4.69) is 15.5 Å². The highest BCUT2D eigenvalue weighted by Gasteiger charge is 2.18. The van der Waals surface area contributed by atoms with Crippen molar-refractivity contribution in [2.75, 3.05) is 5.75 Å². The number of thioether (sulfide) groups is 1. The Morgan fingerprint density at radius 2 is 1.81 bits per heavy atom. The van der Waals surface area contributed by atoms with Crippen LogP contribution in [-0.4, -0.2) is 30.5 Å². The number of nitrogens with zero attached hydrogens (tertiary/aromatic N) is 4. The molecule has 0 saturated carbocycles. The highest BCUT2D eigenvalue weighted by atomic mass is 32.2. The van der Waals surface area contributed by atoms with Crippen molar-refractivity contribution in [2.45, 2.75) is 25.5 Å². The van der Waals surface area contributed by atoms with E-state index in [-0.39, 0.29) is 5.78 Å². The normalized spacial score (nSPS) is 11.5. The average Bonchev–Trinajstić information content (AvgIpc) is 3.31. The molecule has 0 saturated heterocycles. The second kappa shape index (κ2) is 7.71. The first-order chi connectivity index (χ1) is 15.1. The van der Waals surface area contributed by atoms with Crippen molar-refractivity contribution >= 4 is 45.1 Å². The van der Waals surface area contributed by atoms with Crippen molar-refractivity contribution in [2.24, 2.45) is 0 Å². The maximum atomic E-state index is 13.1. The lowest BCUT2D eigenvalue weighted by molar-refractivity contribution is 0.102. The third-order valence-corrected chi connectivity index (χ3v) is 6.57. The van der Waals surface area contributed by atoms with Crippen LogP contribution in [0.1, 0.15) is 21.7 Å². The lowest BCUT2D eigenvalue weighted by Crippen LogP contribution is -2.07. The number of carbonyl (C=O) groups excluding carboxylic acids is 1. The minimum absolute atomic E-state index is 0.0981. The van der Waals surface area contributed by atoms with Crippen molar-refractivity contribution in [1.82, 2.24) is 18.9 Å². The van der Waals surface area contributed by atoms with Crippen molar-refractivity contribution in [1.29, 1.82) is 0 Å². The first-order valence-corrected chi connectivity index (χ1v) is 11.2. The summed E-state index contributed by atoms with van der Waals surface area (Å²) in [6, 6.07) is 18.0. The van der Waals surface area contributed by atoms with E-state index in [1.807, 2.05) is 74.5 Å². The van der Waals surface area contributed by atoms with Gasteiger partial charge in [-0.1, -0.05) is 42.1 Å². The predicted octanol–water partition coefficient (Wildman–Crippen LogP) is 5.62. The van der Waals surface area contributed by atoms with Gasteiger partial charge in [-0.25, -0.2) is 9.97 Å².